The molecule has 2 rings (SSSR count). The van der Waals surface area contributed by atoms with E-state index in [0.29, 0.717) is 5.75 Å². The van der Waals surface area contributed by atoms with Crippen LogP contribution in [-0.4, -0.2) is 6.36 Å². The molecule has 19 heavy (non-hydrogen) atoms. The number of ether oxygens (including phenoxy) is 2. The van der Waals surface area contributed by atoms with Crippen molar-refractivity contribution in [1.82, 2.24) is 0 Å². The highest BCUT2D eigenvalue weighted by Crippen LogP contribution is 2.23. The van der Waals surface area contributed by atoms with Crippen molar-refractivity contribution >= 4 is 0 Å². The maximum absolute atomic E-state index is 12.0. The number of alkyl halides is 3. The molecule has 2 aromatic rings. The molecule has 5 heteroatoms. The van der Waals surface area contributed by atoms with E-state index >= 15 is 0 Å². The quantitative estimate of drug-likeness (QED) is 0.834. The monoisotopic (exact) mass is 267 g/mol. The van der Waals surface area contributed by atoms with Crippen molar-refractivity contribution in [2.75, 3.05) is 0 Å². The maximum atomic E-state index is 12.0. The summed E-state index contributed by atoms with van der Waals surface area (Å²) >= 11 is 0. The third kappa shape index (κ3) is 4.54. The van der Waals surface area contributed by atoms with Gasteiger partial charge in [-0.25, -0.2) is 0 Å². The van der Waals surface area contributed by atoms with E-state index in [2.05, 4.69) is 10.8 Å². The van der Waals surface area contributed by atoms with Gasteiger partial charge in [-0.2, -0.15) is 0 Å². The van der Waals surface area contributed by atoms with Gasteiger partial charge in [0.1, 0.15) is 18.1 Å². The van der Waals surface area contributed by atoms with Gasteiger partial charge in [-0.3, -0.25) is 0 Å². The van der Waals surface area contributed by atoms with E-state index in [1.165, 1.54) is 24.3 Å². The average Bonchev–Trinajstić information content (AvgIpc) is 2.37. The second-order valence-corrected chi connectivity index (χ2v) is 3.72. The van der Waals surface area contributed by atoms with Gasteiger partial charge in [0.2, 0.25) is 0 Å². The molecule has 1 radical (unpaired) electrons. The van der Waals surface area contributed by atoms with E-state index in [1.54, 1.807) is 24.3 Å². The molecule has 0 fully saturated rings. The molecule has 0 heterocycles. The van der Waals surface area contributed by atoms with Crippen LogP contribution in [0.3, 0.4) is 0 Å². The predicted molar refractivity (Wildman–Crippen MR) is 62.7 cm³/mol. The molecule has 0 bridgehead atoms. The fraction of sp³-hybridized carbons (Fsp3) is 0.143. The van der Waals surface area contributed by atoms with Gasteiger partial charge in [-0.15, -0.1) is 13.2 Å². The van der Waals surface area contributed by atoms with Gasteiger partial charge >= 0.3 is 6.36 Å². The van der Waals surface area contributed by atoms with Crippen LogP contribution in [0, 0.1) is 6.07 Å². The lowest BCUT2D eigenvalue weighted by molar-refractivity contribution is -0.274. The molecule has 0 aliphatic rings. The zero-order chi connectivity index (χ0) is 13.7. The molecule has 0 atom stereocenters. The summed E-state index contributed by atoms with van der Waals surface area (Å²) in [5.74, 6) is 0.430. The molecule has 2 nitrogen and oxygen atoms in total. The summed E-state index contributed by atoms with van der Waals surface area (Å²) in [6.07, 6.45) is -4.67. The first-order chi connectivity index (χ1) is 9.03. The van der Waals surface area contributed by atoms with Gasteiger partial charge in [-0.1, -0.05) is 24.3 Å². The van der Waals surface area contributed by atoms with E-state index in [9.17, 15) is 13.2 Å². The second-order valence-electron chi connectivity index (χ2n) is 3.72. The van der Waals surface area contributed by atoms with Crippen LogP contribution in [0.25, 0.3) is 0 Å². The molecule has 0 saturated carbocycles. The van der Waals surface area contributed by atoms with Crippen molar-refractivity contribution in [2.45, 2.75) is 13.0 Å². The Hall–Kier alpha value is -2.17. The van der Waals surface area contributed by atoms with Crippen LogP contribution in [0.1, 0.15) is 5.56 Å². The van der Waals surface area contributed by atoms with Crippen molar-refractivity contribution < 1.29 is 22.6 Å². The topological polar surface area (TPSA) is 18.5 Å². The Labute approximate surface area is 108 Å². The second kappa shape index (κ2) is 5.65. The number of halogens is 3. The Bertz CT molecular complexity index is 506. The first-order valence-electron chi connectivity index (χ1n) is 5.46. The first-order valence-corrected chi connectivity index (χ1v) is 5.46. The van der Waals surface area contributed by atoms with Crippen LogP contribution in [0.5, 0.6) is 11.5 Å². The molecule has 0 aliphatic heterocycles. The average molecular weight is 267 g/mol. The van der Waals surface area contributed by atoms with Crippen molar-refractivity contribution in [3.8, 4) is 11.5 Å². The van der Waals surface area contributed by atoms with Crippen LogP contribution in [0.4, 0.5) is 13.2 Å². The minimum Gasteiger partial charge on any atom is -0.489 e. The van der Waals surface area contributed by atoms with Gasteiger partial charge in [0.15, 0.2) is 0 Å². The van der Waals surface area contributed by atoms with E-state index in [4.69, 9.17) is 4.74 Å². The summed E-state index contributed by atoms with van der Waals surface area (Å²) in [7, 11) is 0. The Morgan fingerprint density at radius 3 is 2.11 bits per heavy atom. The van der Waals surface area contributed by atoms with E-state index in [-0.39, 0.29) is 12.4 Å². The summed E-state index contributed by atoms with van der Waals surface area (Å²) in [6, 6.07) is 15.4. The maximum Gasteiger partial charge on any atom is 0.573 e. The lowest BCUT2D eigenvalue weighted by Crippen LogP contribution is -2.17. The van der Waals surface area contributed by atoms with Crippen LogP contribution in [-0.2, 0) is 6.61 Å². The van der Waals surface area contributed by atoms with Crippen LogP contribution in [0.15, 0.2) is 48.5 Å². The van der Waals surface area contributed by atoms with Crippen molar-refractivity contribution in [1.29, 1.82) is 0 Å². The van der Waals surface area contributed by atoms with E-state index in [1.807, 2.05) is 0 Å². The minimum atomic E-state index is -4.67. The molecule has 0 unspecified atom stereocenters. The third-order valence-corrected chi connectivity index (χ3v) is 2.25. The third-order valence-electron chi connectivity index (χ3n) is 2.25. The fourth-order valence-electron chi connectivity index (χ4n) is 1.42. The summed E-state index contributed by atoms with van der Waals surface area (Å²) in [5.41, 5.74) is 0.752. The summed E-state index contributed by atoms with van der Waals surface area (Å²) in [4.78, 5) is 0. The Morgan fingerprint density at radius 2 is 1.53 bits per heavy atom. The predicted octanol–water partition coefficient (Wildman–Crippen LogP) is 3.96. The molecular formula is C14H10F3O2. The fourth-order valence-corrected chi connectivity index (χ4v) is 1.42. The molecule has 0 aromatic heterocycles. The molecule has 99 valence electrons. The van der Waals surface area contributed by atoms with Gasteiger partial charge in [0, 0.05) is 0 Å². The molecule has 2 aromatic carbocycles. The molecule has 0 saturated heterocycles. The zero-order valence-electron chi connectivity index (χ0n) is 9.78. The number of benzene rings is 2. The smallest absolute Gasteiger partial charge is 0.489 e. The SMILES string of the molecule is FC(F)(F)Oc1ccc(COc2cc[c]cc2)cc1. The zero-order valence-corrected chi connectivity index (χ0v) is 9.78. The molecule has 0 spiro atoms. The summed E-state index contributed by atoms with van der Waals surface area (Å²) in [5, 5.41) is 0. The normalized spacial score (nSPS) is 11.1. The highest BCUT2D eigenvalue weighted by atomic mass is 19.4. The number of rotatable bonds is 4. The van der Waals surface area contributed by atoms with Crippen molar-refractivity contribution in [3.05, 3.63) is 60.2 Å². The van der Waals surface area contributed by atoms with Crippen LogP contribution < -0.4 is 9.47 Å². The summed E-state index contributed by atoms with van der Waals surface area (Å²) in [6.45, 7) is 0.274. The van der Waals surface area contributed by atoms with E-state index < -0.39 is 6.36 Å². The highest BCUT2D eigenvalue weighted by Gasteiger charge is 2.30. The molecule has 0 N–H and O–H groups in total. The first kappa shape index (κ1) is 13.3. The molecular weight excluding hydrogens is 257 g/mol. The van der Waals surface area contributed by atoms with E-state index in [0.717, 1.165) is 5.56 Å². The Kier molecular flexibility index (Phi) is 3.94. The van der Waals surface area contributed by atoms with Crippen LogP contribution in [0.2, 0.25) is 0 Å². The lowest BCUT2D eigenvalue weighted by Gasteiger charge is -2.10. The van der Waals surface area contributed by atoms with Crippen LogP contribution >= 0.6 is 0 Å². The Morgan fingerprint density at radius 1 is 0.895 bits per heavy atom. The van der Waals surface area contributed by atoms with Crippen molar-refractivity contribution in [3.63, 3.8) is 0 Å². The lowest BCUT2D eigenvalue weighted by atomic mass is 10.2. The van der Waals surface area contributed by atoms with Gasteiger partial charge in [0.05, 0.1) is 0 Å². The summed E-state index contributed by atoms with van der Waals surface area (Å²) < 4.78 is 45.1. The Balaban J connectivity index is 1.92. The molecule has 0 aliphatic carbocycles. The number of hydrogen-bond donors (Lipinski definition) is 0. The standard InChI is InChI=1S/C14H10F3O2/c15-14(16,17)19-13-8-6-11(7-9-13)10-18-12-4-2-1-3-5-12/h2-9H,10H2. The highest BCUT2D eigenvalue weighted by molar-refractivity contribution is 5.28. The van der Waals surface area contributed by atoms with Gasteiger partial charge < -0.3 is 9.47 Å². The van der Waals surface area contributed by atoms with Crippen molar-refractivity contribution in [2.24, 2.45) is 0 Å². The largest absolute Gasteiger partial charge is 0.573 e. The minimum absolute atomic E-state index is 0.245. The molecule has 0 amide bonds. The number of hydrogen-bond acceptors (Lipinski definition) is 2. The van der Waals surface area contributed by atoms with Gasteiger partial charge in [-0.05, 0) is 35.9 Å². The van der Waals surface area contributed by atoms with Gasteiger partial charge in [0.25, 0.3) is 0 Å².